The SMILES string of the molecule is COc1ccc(-c2cc(C(=O)NCc3ccco3)n(-c3cccc(C)c3)n2)c(OC)c1. The molecule has 4 rings (SSSR count). The third-order valence-electron chi connectivity index (χ3n) is 4.88. The Morgan fingerprint density at radius 3 is 2.65 bits per heavy atom. The Morgan fingerprint density at radius 2 is 1.94 bits per heavy atom. The van der Waals surface area contributed by atoms with Crippen LogP contribution in [0, 0.1) is 6.92 Å². The molecule has 158 valence electrons. The summed E-state index contributed by atoms with van der Waals surface area (Å²) in [4.78, 5) is 13.1. The lowest BCUT2D eigenvalue weighted by molar-refractivity contribution is 0.0940. The average molecular weight is 417 g/mol. The van der Waals surface area contributed by atoms with E-state index in [0.29, 0.717) is 28.6 Å². The zero-order chi connectivity index (χ0) is 21.8. The predicted octanol–water partition coefficient (Wildman–Crippen LogP) is 4.39. The third kappa shape index (κ3) is 4.30. The van der Waals surface area contributed by atoms with Gasteiger partial charge in [0.15, 0.2) is 0 Å². The second-order valence-electron chi connectivity index (χ2n) is 6.99. The van der Waals surface area contributed by atoms with Crippen LogP contribution in [-0.2, 0) is 6.54 Å². The molecule has 2 heterocycles. The molecule has 0 saturated carbocycles. The van der Waals surface area contributed by atoms with Crippen molar-refractivity contribution in [2.24, 2.45) is 0 Å². The lowest BCUT2D eigenvalue weighted by Crippen LogP contribution is -2.25. The minimum absolute atomic E-state index is 0.260. The normalized spacial score (nSPS) is 10.7. The Kier molecular flexibility index (Phi) is 5.75. The topological polar surface area (TPSA) is 78.5 Å². The number of hydrogen-bond donors (Lipinski definition) is 1. The fourth-order valence-corrected chi connectivity index (χ4v) is 3.31. The van der Waals surface area contributed by atoms with Gasteiger partial charge in [-0.05, 0) is 55.0 Å². The molecule has 1 N–H and O–H groups in total. The number of ether oxygens (including phenoxy) is 2. The van der Waals surface area contributed by atoms with E-state index >= 15 is 0 Å². The van der Waals surface area contributed by atoms with E-state index < -0.39 is 0 Å². The number of nitrogens with zero attached hydrogens (tertiary/aromatic N) is 2. The van der Waals surface area contributed by atoms with E-state index in [1.165, 1.54) is 0 Å². The zero-order valence-corrected chi connectivity index (χ0v) is 17.6. The molecule has 0 unspecified atom stereocenters. The van der Waals surface area contributed by atoms with Crippen LogP contribution < -0.4 is 14.8 Å². The van der Waals surface area contributed by atoms with E-state index in [1.54, 1.807) is 43.4 Å². The molecule has 0 saturated heterocycles. The Morgan fingerprint density at radius 1 is 1.06 bits per heavy atom. The van der Waals surface area contributed by atoms with Crippen LogP contribution in [0.2, 0.25) is 0 Å². The van der Waals surface area contributed by atoms with Gasteiger partial charge < -0.3 is 19.2 Å². The Labute approximate surface area is 180 Å². The molecule has 2 aromatic carbocycles. The highest BCUT2D eigenvalue weighted by Gasteiger charge is 2.20. The highest BCUT2D eigenvalue weighted by atomic mass is 16.5. The van der Waals surface area contributed by atoms with Gasteiger partial charge in [0.2, 0.25) is 0 Å². The Bertz CT molecular complexity index is 1200. The molecule has 0 radical (unpaired) electrons. The van der Waals surface area contributed by atoms with Crippen LogP contribution in [0.1, 0.15) is 21.8 Å². The summed E-state index contributed by atoms with van der Waals surface area (Å²) in [5.74, 6) is 1.70. The molecule has 0 aliphatic rings. The van der Waals surface area contributed by atoms with Crippen molar-refractivity contribution < 1.29 is 18.7 Å². The molecular formula is C24H23N3O4. The van der Waals surface area contributed by atoms with Crippen LogP contribution in [-0.4, -0.2) is 29.9 Å². The van der Waals surface area contributed by atoms with E-state index in [9.17, 15) is 4.79 Å². The van der Waals surface area contributed by atoms with Crippen LogP contribution in [0.3, 0.4) is 0 Å². The van der Waals surface area contributed by atoms with Crippen LogP contribution in [0.25, 0.3) is 16.9 Å². The molecule has 7 heteroatoms. The molecule has 31 heavy (non-hydrogen) atoms. The van der Waals surface area contributed by atoms with Crippen LogP contribution in [0.5, 0.6) is 11.5 Å². The molecule has 4 aromatic rings. The average Bonchev–Trinajstić information content (AvgIpc) is 3.47. The van der Waals surface area contributed by atoms with Crippen molar-refractivity contribution >= 4 is 5.91 Å². The number of carbonyl (C=O) groups excluding carboxylic acids is 1. The third-order valence-corrected chi connectivity index (χ3v) is 4.88. The molecule has 0 fully saturated rings. The lowest BCUT2D eigenvalue weighted by atomic mass is 10.1. The fraction of sp³-hybridized carbons (Fsp3) is 0.167. The van der Waals surface area contributed by atoms with Gasteiger partial charge in [-0.2, -0.15) is 5.10 Å². The van der Waals surface area contributed by atoms with Crippen molar-refractivity contribution in [3.63, 3.8) is 0 Å². The van der Waals surface area contributed by atoms with Crippen molar-refractivity contribution in [2.45, 2.75) is 13.5 Å². The summed E-state index contributed by atoms with van der Waals surface area (Å²) in [7, 11) is 3.19. The molecule has 0 aliphatic carbocycles. The maximum atomic E-state index is 13.1. The van der Waals surface area contributed by atoms with E-state index in [1.807, 2.05) is 49.4 Å². The van der Waals surface area contributed by atoms with Crippen molar-refractivity contribution in [1.82, 2.24) is 15.1 Å². The summed E-state index contributed by atoms with van der Waals surface area (Å²) in [6.45, 7) is 2.28. The van der Waals surface area contributed by atoms with Gasteiger partial charge in [-0.1, -0.05) is 12.1 Å². The number of amides is 1. The van der Waals surface area contributed by atoms with Gasteiger partial charge in [0.25, 0.3) is 5.91 Å². The number of carbonyl (C=O) groups is 1. The summed E-state index contributed by atoms with van der Waals surface area (Å²) in [6.07, 6.45) is 1.58. The van der Waals surface area contributed by atoms with Gasteiger partial charge in [-0.15, -0.1) is 0 Å². The highest BCUT2D eigenvalue weighted by Crippen LogP contribution is 2.33. The van der Waals surface area contributed by atoms with Crippen LogP contribution >= 0.6 is 0 Å². The minimum Gasteiger partial charge on any atom is -0.497 e. The number of nitrogens with one attached hydrogen (secondary N) is 1. The standard InChI is InChI=1S/C24H23N3O4/c1-16-6-4-7-17(12-16)27-22(24(28)25-15-19-8-5-11-31-19)14-21(26-27)20-10-9-18(29-2)13-23(20)30-3/h4-14H,15H2,1-3H3,(H,25,28). The van der Waals surface area contributed by atoms with E-state index in [0.717, 1.165) is 16.8 Å². The summed E-state index contributed by atoms with van der Waals surface area (Å²) in [5, 5.41) is 7.63. The van der Waals surface area contributed by atoms with Crippen molar-refractivity contribution in [1.29, 1.82) is 0 Å². The molecule has 0 bridgehead atoms. The van der Waals surface area contributed by atoms with Gasteiger partial charge >= 0.3 is 0 Å². The van der Waals surface area contributed by atoms with Crippen LogP contribution in [0.4, 0.5) is 0 Å². The second-order valence-corrected chi connectivity index (χ2v) is 6.99. The number of methoxy groups -OCH3 is 2. The van der Waals surface area contributed by atoms with Crippen molar-refractivity contribution in [3.05, 3.63) is 83.9 Å². The molecule has 0 spiro atoms. The van der Waals surface area contributed by atoms with Gasteiger partial charge in [0, 0.05) is 11.6 Å². The van der Waals surface area contributed by atoms with E-state index in [4.69, 9.17) is 19.0 Å². The van der Waals surface area contributed by atoms with E-state index in [2.05, 4.69) is 5.32 Å². The summed E-state index contributed by atoms with van der Waals surface area (Å²) < 4.78 is 17.8. The largest absolute Gasteiger partial charge is 0.497 e. The maximum Gasteiger partial charge on any atom is 0.270 e. The fourth-order valence-electron chi connectivity index (χ4n) is 3.31. The van der Waals surface area contributed by atoms with E-state index in [-0.39, 0.29) is 12.5 Å². The highest BCUT2D eigenvalue weighted by molar-refractivity contribution is 5.94. The molecule has 0 aliphatic heterocycles. The number of aromatic nitrogens is 2. The number of hydrogen-bond acceptors (Lipinski definition) is 5. The first-order chi connectivity index (χ1) is 15.1. The first-order valence-corrected chi connectivity index (χ1v) is 9.79. The first-order valence-electron chi connectivity index (χ1n) is 9.79. The number of benzene rings is 2. The molecule has 2 aromatic heterocycles. The summed E-state index contributed by atoms with van der Waals surface area (Å²) in [5.41, 5.74) is 3.64. The summed E-state index contributed by atoms with van der Waals surface area (Å²) in [6, 6.07) is 18.7. The van der Waals surface area contributed by atoms with Gasteiger partial charge in [0.1, 0.15) is 23.0 Å². The number of rotatable bonds is 7. The smallest absolute Gasteiger partial charge is 0.270 e. The first kappa shape index (κ1) is 20.3. The van der Waals surface area contributed by atoms with Gasteiger partial charge in [0.05, 0.1) is 38.4 Å². The monoisotopic (exact) mass is 417 g/mol. The summed E-state index contributed by atoms with van der Waals surface area (Å²) >= 11 is 0. The molecule has 0 atom stereocenters. The maximum absolute atomic E-state index is 13.1. The van der Waals surface area contributed by atoms with Crippen molar-refractivity contribution in [2.75, 3.05) is 14.2 Å². The van der Waals surface area contributed by atoms with Crippen molar-refractivity contribution in [3.8, 4) is 28.4 Å². The van der Waals surface area contributed by atoms with Crippen LogP contribution in [0.15, 0.2) is 71.3 Å². The zero-order valence-electron chi connectivity index (χ0n) is 17.6. The minimum atomic E-state index is -0.260. The quantitative estimate of drug-likeness (QED) is 0.483. The molecular weight excluding hydrogens is 394 g/mol. The Hall–Kier alpha value is -4.00. The van der Waals surface area contributed by atoms with Gasteiger partial charge in [-0.3, -0.25) is 4.79 Å². The number of furan rings is 1. The lowest BCUT2D eigenvalue weighted by Gasteiger charge is -2.09. The molecule has 1 amide bonds. The second kappa shape index (κ2) is 8.79. The van der Waals surface area contributed by atoms with Gasteiger partial charge in [-0.25, -0.2) is 4.68 Å². The molecule has 7 nitrogen and oxygen atoms in total. The number of aryl methyl sites for hydroxylation is 1. The predicted molar refractivity (Wildman–Crippen MR) is 117 cm³/mol. The Balaban J connectivity index is 1.76.